The number of hydrogen-bond donors (Lipinski definition) is 1. The van der Waals surface area contributed by atoms with Crippen LogP contribution in [0, 0.1) is 0 Å². The third-order valence-corrected chi connectivity index (χ3v) is 7.20. The molecule has 0 bridgehead atoms. The van der Waals surface area contributed by atoms with Crippen LogP contribution in [-0.2, 0) is 16.4 Å². The quantitative estimate of drug-likeness (QED) is 0.801. The van der Waals surface area contributed by atoms with Gasteiger partial charge >= 0.3 is 0 Å². The molecule has 1 aliphatic carbocycles. The molecule has 1 N–H and O–H groups in total. The van der Waals surface area contributed by atoms with E-state index in [2.05, 4.69) is 36.8 Å². The number of fused-ring (bicyclic) bond motifs is 1. The Morgan fingerprint density at radius 1 is 1.07 bits per heavy atom. The van der Waals surface area contributed by atoms with E-state index in [0.717, 1.165) is 19.3 Å². The lowest BCUT2D eigenvalue weighted by molar-refractivity contribution is 0.571. The Hall–Kier alpha value is -2.40. The minimum absolute atomic E-state index is 0.000247. The van der Waals surface area contributed by atoms with Crippen molar-refractivity contribution in [2.75, 3.05) is 0 Å². The number of nitrogens with one attached hydrogen (secondary N) is 1. The SMILES string of the molecule is CC1=C(c2ccc(C(C)C)cc2)S(=O)(=O)NC1=NC1CCCc2ccccc21. The first kappa shape index (κ1) is 18.9. The summed E-state index contributed by atoms with van der Waals surface area (Å²) >= 11 is 0. The maximum Gasteiger partial charge on any atom is 0.264 e. The van der Waals surface area contributed by atoms with Gasteiger partial charge in [-0.05, 0) is 54.4 Å². The predicted molar refractivity (Wildman–Crippen MR) is 115 cm³/mol. The highest BCUT2D eigenvalue weighted by atomic mass is 32.2. The molecule has 0 saturated heterocycles. The Kier molecular flexibility index (Phi) is 4.88. The van der Waals surface area contributed by atoms with Crippen LogP contribution in [0.15, 0.2) is 59.1 Å². The van der Waals surface area contributed by atoms with Gasteiger partial charge in [-0.3, -0.25) is 9.71 Å². The smallest absolute Gasteiger partial charge is 0.263 e. The molecule has 0 spiro atoms. The molecular weight excluding hydrogens is 368 g/mol. The molecule has 2 aromatic rings. The van der Waals surface area contributed by atoms with Crippen molar-refractivity contribution < 1.29 is 8.42 Å². The number of hydrogen-bond acceptors (Lipinski definition) is 3. The molecule has 146 valence electrons. The molecule has 5 heteroatoms. The zero-order valence-electron chi connectivity index (χ0n) is 16.6. The Labute approximate surface area is 167 Å². The fourth-order valence-electron chi connectivity index (χ4n) is 4.10. The molecule has 0 aromatic heterocycles. The molecule has 1 aliphatic heterocycles. The zero-order chi connectivity index (χ0) is 19.9. The lowest BCUT2D eigenvalue weighted by atomic mass is 9.88. The maximum absolute atomic E-state index is 12.8. The topological polar surface area (TPSA) is 58.5 Å². The van der Waals surface area contributed by atoms with E-state index >= 15 is 0 Å². The summed E-state index contributed by atoms with van der Waals surface area (Å²) in [5, 5.41) is 0. The molecule has 0 radical (unpaired) electrons. The van der Waals surface area contributed by atoms with Crippen molar-refractivity contribution in [3.63, 3.8) is 0 Å². The van der Waals surface area contributed by atoms with Crippen LogP contribution < -0.4 is 4.72 Å². The summed E-state index contributed by atoms with van der Waals surface area (Å²) < 4.78 is 28.4. The normalized spacial score (nSPS) is 22.4. The van der Waals surface area contributed by atoms with Crippen LogP contribution in [0.25, 0.3) is 4.91 Å². The number of nitrogens with zero attached hydrogens (tertiary/aromatic N) is 1. The highest BCUT2D eigenvalue weighted by Gasteiger charge is 2.33. The van der Waals surface area contributed by atoms with Gasteiger partial charge in [0.1, 0.15) is 10.7 Å². The molecule has 4 nitrogen and oxygen atoms in total. The predicted octanol–water partition coefficient (Wildman–Crippen LogP) is 4.95. The number of rotatable bonds is 3. The fraction of sp³-hybridized carbons (Fsp3) is 0.348. The van der Waals surface area contributed by atoms with E-state index in [1.54, 1.807) is 0 Å². The van der Waals surface area contributed by atoms with Crippen molar-refractivity contribution in [2.24, 2.45) is 4.99 Å². The summed E-state index contributed by atoms with van der Waals surface area (Å²) in [6, 6.07) is 16.1. The van der Waals surface area contributed by atoms with Crippen molar-refractivity contribution >= 4 is 20.8 Å². The molecule has 4 rings (SSSR count). The van der Waals surface area contributed by atoms with E-state index in [1.807, 2.05) is 37.3 Å². The largest absolute Gasteiger partial charge is 0.264 e. The second-order valence-corrected chi connectivity index (χ2v) is 9.54. The van der Waals surface area contributed by atoms with E-state index < -0.39 is 10.0 Å². The minimum Gasteiger partial charge on any atom is -0.263 e. The molecule has 0 amide bonds. The van der Waals surface area contributed by atoms with Gasteiger partial charge in [-0.2, -0.15) is 0 Å². The van der Waals surface area contributed by atoms with Crippen LogP contribution in [0.1, 0.15) is 67.8 Å². The molecule has 1 heterocycles. The second-order valence-electron chi connectivity index (χ2n) is 7.92. The Bertz CT molecular complexity index is 1060. The van der Waals surface area contributed by atoms with Crippen molar-refractivity contribution in [2.45, 2.75) is 52.0 Å². The Balaban J connectivity index is 1.74. The van der Waals surface area contributed by atoms with Gasteiger partial charge in [0.25, 0.3) is 10.0 Å². The van der Waals surface area contributed by atoms with Gasteiger partial charge in [0.2, 0.25) is 0 Å². The first-order valence-corrected chi connectivity index (χ1v) is 11.3. The van der Waals surface area contributed by atoms with Gasteiger partial charge in [0.05, 0.1) is 6.04 Å². The molecule has 1 atom stereocenters. The average Bonchev–Trinajstić information content (AvgIpc) is 2.90. The molecule has 2 aliphatic rings. The first-order chi connectivity index (χ1) is 13.4. The molecule has 1 unspecified atom stereocenters. The number of sulfonamides is 1. The number of amidine groups is 1. The highest BCUT2D eigenvalue weighted by Crippen LogP contribution is 2.35. The second kappa shape index (κ2) is 7.21. The van der Waals surface area contributed by atoms with Crippen molar-refractivity contribution in [1.29, 1.82) is 0 Å². The Morgan fingerprint density at radius 2 is 1.79 bits per heavy atom. The van der Waals surface area contributed by atoms with Crippen LogP contribution in [0.4, 0.5) is 0 Å². The maximum atomic E-state index is 12.8. The first-order valence-electron chi connectivity index (χ1n) is 9.87. The van der Waals surface area contributed by atoms with Crippen molar-refractivity contribution in [3.8, 4) is 0 Å². The van der Waals surface area contributed by atoms with Crippen LogP contribution in [0.3, 0.4) is 0 Å². The molecule has 0 fully saturated rings. The third kappa shape index (κ3) is 3.39. The van der Waals surface area contributed by atoms with E-state index in [1.165, 1.54) is 16.7 Å². The van der Waals surface area contributed by atoms with Gasteiger partial charge in [-0.25, -0.2) is 8.42 Å². The minimum atomic E-state index is -3.60. The summed E-state index contributed by atoms with van der Waals surface area (Å²) in [6.07, 6.45) is 3.07. The summed E-state index contributed by atoms with van der Waals surface area (Å²) in [5.74, 6) is 0.885. The zero-order valence-corrected chi connectivity index (χ0v) is 17.4. The van der Waals surface area contributed by atoms with Crippen LogP contribution >= 0.6 is 0 Å². The third-order valence-electron chi connectivity index (χ3n) is 5.66. The Morgan fingerprint density at radius 3 is 2.50 bits per heavy atom. The van der Waals surface area contributed by atoms with E-state index in [4.69, 9.17) is 4.99 Å². The van der Waals surface area contributed by atoms with E-state index in [-0.39, 0.29) is 6.04 Å². The monoisotopic (exact) mass is 394 g/mol. The average molecular weight is 395 g/mol. The lowest BCUT2D eigenvalue weighted by Gasteiger charge is -2.22. The van der Waals surface area contributed by atoms with Crippen LogP contribution in [0.2, 0.25) is 0 Å². The van der Waals surface area contributed by atoms with Crippen molar-refractivity contribution in [3.05, 3.63) is 76.4 Å². The summed E-state index contributed by atoms with van der Waals surface area (Å²) in [4.78, 5) is 5.18. The van der Waals surface area contributed by atoms with Gasteiger partial charge < -0.3 is 0 Å². The number of aryl methyl sites for hydroxylation is 1. The van der Waals surface area contributed by atoms with Crippen LogP contribution in [-0.4, -0.2) is 14.3 Å². The van der Waals surface area contributed by atoms with E-state index in [9.17, 15) is 8.42 Å². The summed E-state index contributed by atoms with van der Waals surface area (Å²) in [7, 11) is -3.60. The molecule has 2 aromatic carbocycles. The van der Waals surface area contributed by atoms with Crippen LogP contribution in [0.5, 0.6) is 0 Å². The van der Waals surface area contributed by atoms with Gasteiger partial charge in [-0.15, -0.1) is 0 Å². The standard InChI is InChI=1S/C23H26N2O2S/c1-15(2)17-11-13-19(14-12-17)22-16(3)23(25-28(22,26)27)24-21-10-6-8-18-7-4-5-9-20(18)21/h4-5,7,9,11-15,21H,6,8,10H2,1-3H3,(H,24,25). The van der Waals surface area contributed by atoms with Gasteiger partial charge in [0.15, 0.2) is 0 Å². The number of aliphatic imine (C=N–C) groups is 1. The molecule has 0 saturated carbocycles. The molecule has 28 heavy (non-hydrogen) atoms. The van der Waals surface area contributed by atoms with Crippen molar-refractivity contribution in [1.82, 2.24) is 4.72 Å². The van der Waals surface area contributed by atoms with Gasteiger partial charge in [-0.1, -0.05) is 62.4 Å². The fourth-order valence-corrected chi connectivity index (χ4v) is 5.60. The lowest BCUT2D eigenvalue weighted by Crippen LogP contribution is -2.24. The molecular formula is C23H26N2O2S. The van der Waals surface area contributed by atoms with E-state index in [0.29, 0.717) is 27.8 Å². The highest BCUT2D eigenvalue weighted by molar-refractivity contribution is 8.00. The summed E-state index contributed by atoms with van der Waals surface area (Å²) in [5.41, 5.74) is 5.13. The number of benzene rings is 2. The van der Waals surface area contributed by atoms with Gasteiger partial charge in [0, 0.05) is 5.57 Å². The summed E-state index contributed by atoms with van der Waals surface area (Å²) in [6.45, 7) is 6.09.